The number of hydrogen-bond donors (Lipinski definition) is 2. The molecule has 0 saturated carbocycles. The van der Waals surface area contributed by atoms with Gasteiger partial charge in [-0.2, -0.15) is 0 Å². The zero-order valence-corrected chi connectivity index (χ0v) is 17.2. The lowest BCUT2D eigenvalue weighted by molar-refractivity contribution is -0.115. The Morgan fingerprint density at radius 2 is 1.77 bits per heavy atom. The lowest BCUT2D eigenvalue weighted by Crippen LogP contribution is -2.15. The second-order valence-corrected chi connectivity index (χ2v) is 7.32. The number of nitrogens with one attached hydrogen (secondary N) is 2. The zero-order valence-electron chi connectivity index (χ0n) is 16.3. The van der Waals surface area contributed by atoms with E-state index < -0.39 is 5.97 Å². The second kappa shape index (κ2) is 8.84. The Labute approximate surface area is 181 Å². The molecule has 4 rings (SSSR count). The van der Waals surface area contributed by atoms with Crippen molar-refractivity contribution >= 4 is 39.9 Å². The van der Waals surface area contributed by atoms with Crippen molar-refractivity contribution in [2.75, 3.05) is 24.5 Å². The number of methoxy groups -OCH3 is 1. The van der Waals surface area contributed by atoms with Crippen LogP contribution in [0, 0.1) is 0 Å². The number of nitrogens with zero attached hydrogens (tertiary/aromatic N) is 1. The largest absolute Gasteiger partial charge is 0.465 e. The minimum atomic E-state index is -0.448. The molecule has 31 heavy (non-hydrogen) atoms. The van der Waals surface area contributed by atoms with E-state index in [0.717, 1.165) is 0 Å². The van der Waals surface area contributed by atoms with E-state index in [1.54, 1.807) is 47.8 Å². The molecule has 2 amide bonds. The van der Waals surface area contributed by atoms with Crippen molar-refractivity contribution in [3.63, 3.8) is 0 Å². The van der Waals surface area contributed by atoms with Crippen molar-refractivity contribution in [2.45, 2.75) is 6.42 Å². The van der Waals surface area contributed by atoms with E-state index in [-0.39, 0.29) is 25.0 Å². The van der Waals surface area contributed by atoms with Gasteiger partial charge in [-0.15, -0.1) is 11.3 Å². The molecule has 0 fully saturated rings. The first-order chi connectivity index (χ1) is 15.0. The number of fused-ring (bicyclic) bond motifs is 1. The molecule has 0 bridgehead atoms. The molecule has 2 aromatic carbocycles. The van der Waals surface area contributed by atoms with Gasteiger partial charge in [-0.3, -0.25) is 14.9 Å². The number of esters is 1. The van der Waals surface area contributed by atoms with Crippen LogP contribution >= 0.6 is 11.3 Å². The van der Waals surface area contributed by atoms with E-state index in [1.807, 2.05) is 0 Å². The number of hydrogen-bond acceptors (Lipinski definition) is 8. The first-order valence-electron chi connectivity index (χ1n) is 9.15. The van der Waals surface area contributed by atoms with Crippen LogP contribution in [0.2, 0.25) is 0 Å². The summed E-state index contributed by atoms with van der Waals surface area (Å²) < 4.78 is 15.1. The number of anilines is 2. The fourth-order valence-corrected chi connectivity index (χ4v) is 3.54. The van der Waals surface area contributed by atoms with Crippen molar-refractivity contribution in [1.29, 1.82) is 0 Å². The van der Waals surface area contributed by atoms with Crippen LogP contribution in [0.15, 0.2) is 47.8 Å². The molecule has 2 N–H and O–H groups in total. The summed E-state index contributed by atoms with van der Waals surface area (Å²) >= 11 is 1.22. The fourth-order valence-electron chi connectivity index (χ4n) is 2.83. The van der Waals surface area contributed by atoms with Crippen molar-refractivity contribution in [1.82, 2.24) is 4.98 Å². The molecule has 0 unspecified atom stereocenters. The average Bonchev–Trinajstić information content (AvgIpc) is 3.42. The molecule has 0 atom stereocenters. The van der Waals surface area contributed by atoms with Crippen LogP contribution in [-0.2, 0) is 16.0 Å². The standard InChI is InChI=1S/C21H17N3O6S/c1-28-20(27)12-2-5-14(6-3-12)22-18(25)9-15-10-31-21(23-15)24-19(26)13-4-7-16-17(8-13)30-11-29-16/h2-8,10H,9,11H2,1H3,(H,22,25)(H,23,24,26). The van der Waals surface area contributed by atoms with Gasteiger partial charge in [0, 0.05) is 16.6 Å². The summed E-state index contributed by atoms with van der Waals surface area (Å²) in [7, 11) is 1.30. The highest BCUT2D eigenvalue weighted by atomic mass is 32.1. The van der Waals surface area contributed by atoms with Crippen molar-refractivity contribution < 1.29 is 28.6 Å². The van der Waals surface area contributed by atoms with Gasteiger partial charge < -0.3 is 19.5 Å². The topological polar surface area (TPSA) is 116 Å². The molecule has 0 aliphatic carbocycles. The van der Waals surface area contributed by atoms with Gasteiger partial charge in [0.25, 0.3) is 5.91 Å². The van der Waals surface area contributed by atoms with E-state index in [0.29, 0.717) is 39.1 Å². The van der Waals surface area contributed by atoms with Crippen molar-refractivity contribution in [3.05, 3.63) is 64.7 Å². The van der Waals surface area contributed by atoms with Crippen LogP contribution in [0.3, 0.4) is 0 Å². The summed E-state index contributed by atoms with van der Waals surface area (Å²) in [6.45, 7) is 0.133. The Morgan fingerprint density at radius 3 is 2.55 bits per heavy atom. The Hall–Kier alpha value is -3.92. The molecule has 3 aromatic rings. The highest BCUT2D eigenvalue weighted by Crippen LogP contribution is 2.32. The smallest absolute Gasteiger partial charge is 0.337 e. The molecular weight excluding hydrogens is 422 g/mol. The highest BCUT2D eigenvalue weighted by Gasteiger charge is 2.17. The normalized spacial score (nSPS) is 11.6. The molecule has 2 heterocycles. The van der Waals surface area contributed by atoms with Gasteiger partial charge in [0.05, 0.1) is 24.8 Å². The maximum absolute atomic E-state index is 12.4. The minimum absolute atomic E-state index is 0.0369. The first kappa shape index (κ1) is 20.4. The van der Waals surface area contributed by atoms with E-state index in [1.165, 1.54) is 18.4 Å². The molecular formula is C21H17N3O6S. The molecule has 1 aliphatic rings. The molecule has 1 aliphatic heterocycles. The van der Waals surface area contributed by atoms with Gasteiger partial charge in [-0.1, -0.05) is 0 Å². The van der Waals surface area contributed by atoms with Gasteiger partial charge in [0.15, 0.2) is 16.6 Å². The number of rotatable bonds is 6. The third-order valence-electron chi connectivity index (χ3n) is 4.34. The number of carbonyl (C=O) groups is 3. The summed E-state index contributed by atoms with van der Waals surface area (Å²) in [4.78, 5) is 40.4. The maximum Gasteiger partial charge on any atom is 0.337 e. The molecule has 10 heteroatoms. The van der Waals surface area contributed by atoms with E-state index in [9.17, 15) is 14.4 Å². The third-order valence-corrected chi connectivity index (χ3v) is 5.14. The number of carbonyl (C=O) groups excluding carboxylic acids is 3. The first-order valence-corrected chi connectivity index (χ1v) is 10.0. The van der Waals surface area contributed by atoms with Crippen molar-refractivity contribution in [3.8, 4) is 11.5 Å². The summed E-state index contributed by atoms with van der Waals surface area (Å²) in [6, 6.07) is 11.3. The lowest BCUT2D eigenvalue weighted by Gasteiger charge is -2.05. The van der Waals surface area contributed by atoms with E-state index in [4.69, 9.17) is 9.47 Å². The van der Waals surface area contributed by atoms with E-state index >= 15 is 0 Å². The summed E-state index contributed by atoms with van der Waals surface area (Å²) in [5.41, 5.74) is 1.87. The lowest BCUT2D eigenvalue weighted by atomic mass is 10.2. The second-order valence-electron chi connectivity index (χ2n) is 6.46. The van der Waals surface area contributed by atoms with Crippen LogP contribution < -0.4 is 20.1 Å². The van der Waals surface area contributed by atoms with E-state index in [2.05, 4.69) is 20.4 Å². The Morgan fingerprint density at radius 1 is 1.03 bits per heavy atom. The number of benzene rings is 2. The highest BCUT2D eigenvalue weighted by molar-refractivity contribution is 7.14. The number of thiazole rings is 1. The molecule has 0 saturated heterocycles. The van der Waals surface area contributed by atoms with Crippen molar-refractivity contribution in [2.24, 2.45) is 0 Å². The molecule has 158 valence electrons. The van der Waals surface area contributed by atoms with Gasteiger partial charge in [-0.05, 0) is 42.5 Å². The predicted molar refractivity (Wildman–Crippen MR) is 113 cm³/mol. The van der Waals surface area contributed by atoms with Gasteiger partial charge in [0.1, 0.15) is 0 Å². The Balaban J connectivity index is 1.32. The molecule has 9 nitrogen and oxygen atoms in total. The van der Waals surface area contributed by atoms with Crippen LogP contribution in [0.4, 0.5) is 10.8 Å². The van der Waals surface area contributed by atoms with Gasteiger partial charge in [0.2, 0.25) is 12.7 Å². The molecule has 0 spiro atoms. The third kappa shape index (κ3) is 4.81. The Kier molecular flexibility index (Phi) is 5.80. The minimum Gasteiger partial charge on any atom is -0.465 e. The monoisotopic (exact) mass is 439 g/mol. The van der Waals surface area contributed by atoms with Crippen LogP contribution in [-0.4, -0.2) is 36.7 Å². The molecule has 0 radical (unpaired) electrons. The van der Waals surface area contributed by atoms with Crippen LogP contribution in [0.25, 0.3) is 0 Å². The number of ether oxygens (including phenoxy) is 3. The number of amides is 2. The summed E-state index contributed by atoms with van der Waals surface area (Å²) in [5.74, 6) is 0.0533. The quantitative estimate of drug-likeness (QED) is 0.567. The molecule has 1 aromatic heterocycles. The SMILES string of the molecule is COC(=O)c1ccc(NC(=O)Cc2csc(NC(=O)c3ccc4c(c3)OCO4)n2)cc1. The van der Waals surface area contributed by atoms with Crippen LogP contribution in [0.5, 0.6) is 11.5 Å². The van der Waals surface area contributed by atoms with Gasteiger partial charge >= 0.3 is 5.97 Å². The average molecular weight is 439 g/mol. The summed E-state index contributed by atoms with van der Waals surface area (Å²) in [6.07, 6.45) is 0.0369. The van der Waals surface area contributed by atoms with Gasteiger partial charge in [-0.25, -0.2) is 9.78 Å². The fraction of sp³-hybridized carbons (Fsp3) is 0.143. The zero-order chi connectivity index (χ0) is 21.8. The predicted octanol–water partition coefficient (Wildman–Crippen LogP) is 3.09. The summed E-state index contributed by atoms with van der Waals surface area (Å²) in [5, 5.41) is 7.53. The Bertz CT molecular complexity index is 1140. The maximum atomic E-state index is 12.4. The van der Waals surface area contributed by atoms with Crippen LogP contribution in [0.1, 0.15) is 26.4 Å². The number of aromatic nitrogens is 1.